The van der Waals surface area contributed by atoms with Gasteiger partial charge < -0.3 is 15.8 Å². The summed E-state index contributed by atoms with van der Waals surface area (Å²) in [6.45, 7) is 1.32. The number of nitrogens with two attached hydrogens (primary N) is 1. The third kappa shape index (κ3) is 5.23. The maximum atomic E-state index is 12.8. The molecule has 0 fully saturated rings. The fraction of sp³-hybridized carbons (Fsp3) is 0.222. The van der Waals surface area contributed by atoms with Crippen molar-refractivity contribution in [1.82, 2.24) is 5.32 Å². The second-order valence-electron chi connectivity index (χ2n) is 5.60. The van der Waals surface area contributed by atoms with Crippen LogP contribution in [0.3, 0.4) is 0 Å². The van der Waals surface area contributed by atoms with E-state index in [4.69, 9.17) is 10.5 Å². The minimum atomic E-state index is -4.44. The third-order valence-corrected chi connectivity index (χ3v) is 3.56. The van der Waals surface area contributed by atoms with Crippen molar-refractivity contribution in [2.24, 2.45) is 5.73 Å². The van der Waals surface area contributed by atoms with Gasteiger partial charge in [-0.2, -0.15) is 13.2 Å². The number of primary amides is 1. The van der Waals surface area contributed by atoms with Crippen molar-refractivity contribution >= 4 is 11.8 Å². The number of carbonyl (C=O) groups excluding carboxylic acids is 2. The van der Waals surface area contributed by atoms with Crippen LogP contribution in [0.4, 0.5) is 13.2 Å². The van der Waals surface area contributed by atoms with E-state index in [1.807, 2.05) is 0 Å². The summed E-state index contributed by atoms with van der Waals surface area (Å²) in [5.74, 6) is -0.704. The van der Waals surface area contributed by atoms with Gasteiger partial charge in [-0.1, -0.05) is 12.1 Å². The number of benzene rings is 2. The molecular weight excluding hydrogens is 349 g/mol. The van der Waals surface area contributed by atoms with E-state index >= 15 is 0 Å². The molecule has 0 bridgehead atoms. The highest BCUT2D eigenvalue weighted by atomic mass is 19.4. The minimum Gasteiger partial charge on any atom is -0.484 e. The van der Waals surface area contributed by atoms with Crippen LogP contribution in [0, 0.1) is 0 Å². The van der Waals surface area contributed by atoms with Crippen LogP contribution >= 0.6 is 0 Å². The second-order valence-corrected chi connectivity index (χ2v) is 5.60. The minimum absolute atomic E-state index is 0.280. The van der Waals surface area contributed by atoms with Gasteiger partial charge in [0, 0.05) is 5.56 Å². The summed E-state index contributed by atoms with van der Waals surface area (Å²) in [5.41, 5.74) is 4.84. The molecule has 0 saturated heterocycles. The number of hydrogen-bond acceptors (Lipinski definition) is 3. The molecule has 0 spiro atoms. The van der Waals surface area contributed by atoms with Crippen LogP contribution in [0.5, 0.6) is 5.75 Å². The summed E-state index contributed by atoms with van der Waals surface area (Å²) in [6.07, 6.45) is -4.44. The first-order chi connectivity index (χ1) is 12.2. The van der Waals surface area contributed by atoms with Crippen LogP contribution in [0.1, 0.15) is 34.5 Å². The van der Waals surface area contributed by atoms with Crippen molar-refractivity contribution < 1.29 is 27.5 Å². The van der Waals surface area contributed by atoms with Crippen molar-refractivity contribution in [3.63, 3.8) is 0 Å². The number of ether oxygens (including phenoxy) is 1. The molecular formula is C18H17F3N2O3. The zero-order valence-electron chi connectivity index (χ0n) is 13.8. The van der Waals surface area contributed by atoms with Crippen molar-refractivity contribution in [2.45, 2.75) is 19.1 Å². The Balaban J connectivity index is 2.04. The number of hydrogen-bond donors (Lipinski definition) is 2. The number of alkyl halides is 3. The number of halogens is 3. The number of carbonyl (C=O) groups is 2. The van der Waals surface area contributed by atoms with Gasteiger partial charge in [0.1, 0.15) is 5.75 Å². The number of amides is 2. The largest absolute Gasteiger partial charge is 0.484 e. The summed E-state index contributed by atoms with van der Waals surface area (Å²) in [7, 11) is 0. The average molecular weight is 366 g/mol. The Labute approximate surface area is 148 Å². The molecule has 8 heteroatoms. The standard InChI is InChI=1S/C18H17F3N2O3/c1-11(13-3-2-4-14(9-13)18(19,20)21)23-17(25)12-5-7-15(8-6-12)26-10-16(22)24/h2-9,11H,10H2,1H3,(H2,22,24)(H,23,25)/t11-/m1/s1. The second kappa shape index (κ2) is 7.90. The predicted octanol–water partition coefficient (Wildman–Crippen LogP) is 3.06. The molecule has 2 aromatic rings. The lowest BCUT2D eigenvalue weighted by molar-refractivity contribution is -0.137. The zero-order valence-corrected chi connectivity index (χ0v) is 13.8. The molecule has 0 unspecified atom stereocenters. The van der Waals surface area contributed by atoms with Gasteiger partial charge in [-0.15, -0.1) is 0 Å². The van der Waals surface area contributed by atoms with Crippen LogP contribution in [0.2, 0.25) is 0 Å². The summed E-state index contributed by atoms with van der Waals surface area (Å²) < 4.78 is 43.4. The first-order valence-electron chi connectivity index (χ1n) is 7.66. The van der Waals surface area contributed by atoms with Crippen molar-refractivity contribution in [3.8, 4) is 5.75 Å². The van der Waals surface area contributed by atoms with Crippen LogP contribution in [0.25, 0.3) is 0 Å². The highest BCUT2D eigenvalue weighted by molar-refractivity contribution is 5.94. The monoisotopic (exact) mass is 366 g/mol. The lowest BCUT2D eigenvalue weighted by Gasteiger charge is -2.16. The zero-order chi connectivity index (χ0) is 19.3. The molecule has 138 valence electrons. The Bertz CT molecular complexity index is 789. The molecule has 0 aliphatic carbocycles. The van der Waals surface area contributed by atoms with E-state index in [9.17, 15) is 22.8 Å². The van der Waals surface area contributed by atoms with Crippen LogP contribution in [-0.4, -0.2) is 18.4 Å². The fourth-order valence-corrected chi connectivity index (χ4v) is 2.20. The maximum Gasteiger partial charge on any atom is 0.416 e. The quantitative estimate of drug-likeness (QED) is 0.824. The Morgan fingerprint density at radius 1 is 1.15 bits per heavy atom. The molecule has 2 amide bonds. The lowest BCUT2D eigenvalue weighted by Crippen LogP contribution is -2.26. The highest BCUT2D eigenvalue weighted by Crippen LogP contribution is 2.30. The molecule has 3 N–H and O–H groups in total. The van der Waals surface area contributed by atoms with E-state index in [-0.39, 0.29) is 6.61 Å². The Hall–Kier alpha value is -3.03. The van der Waals surface area contributed by atoms with Gasteiger partial charge in [0.05, 0.1) is 11.6 Å². The van der Waals surface area contributed by atoms with Gasteiger partial charge in [-0.25, -0.2) is 0 Å². The van der Waals surface area contributed by atoms with E-state index in [1.54, 1.807) is 6.92 Å². The molecule has 5 nitrogen and oxygen atoms in total. The predicted molar refractivity (Wildman–Crippen MR) is 88.5 cm³/mol. The van der Waals surface area contributed by atoms with Gasteiger partial charge >= 0.3 is 6.18 Å². The van der Waals surface area contributed by atoms with E-state index in [2.05, 4.69) is 5.32 Å². The number of rotatable bonds is 6. The Morgan fingerprint density at radius 3 is 2.38 bits per heavy atom. The molecule has 0 saturated carbocycles. The van der Waals surface area contributed by atoms with Crippen molar-refractivity contribution in [2.75, 3.05) is 6.61 Å². The average Bonchev–Trinajstić information content (AvgIpc) is 2.59. The summed E-state index contributed by atoms with van der Waals surface area (Å²) >= 11 is 0. The maximum absolute atomic E-state index is 12.8. The van der Waals surface area contributed by atoms with E-state index in [1.165, 1.54) is 36.4 Å². The fourth-order valence-electron chi connectivity index (χ4n) is 2.20. The smallest absolute Gasteiger partial charge is 0.416 e. The first-order valence-corrected chi connectivity index (χ1v) is 7.66. The molecule has 2 rings (SSSR count). The van der Waals surface area contributed by atoms with Gasteiger partial charge in [-0.3, -0.25) is 9.59 Å². The van der Waals surface area contributed by atoms with E-state index in [0.717, 1.165) is 12.1 Å². The van der Waals surface area contributed by atoms with Gasteiger partial charge in [-0.05, 0) is 48.9 Å². The van der Waals surface area contributed by atoms with Crippen LogP contribution in [-0.2, 0) is 11.0 Å². The highest BCUT2D eigenvalue weighted by Gasteiger charge is 2.30. The molecule has 1 atom stereocenters. The Morgan fingerprint density at radius 2 is 1.81 bits per heavy atom. The van der Waals surface area contributed by atoms with Crippen LogP contribution in [0.15, 0.2) is 48.5 Å². The van der Waals surface area contributed by atoms with E-state index in [0.29, 0.717) is 16.9 Å². The normalized spacial score (nSPS) is 12.3. The molecule has 0 aromatic heterocycles. The van der Waals surface area contributed by atoms with Crippen molar-refractivity contribution in [3.05, 3.63) is 65.2 Å². The number of nitrogens with one attached hydrogen (secondary N) is 1. The van der Waals surface area contributed by atoms with Gasteiger partial charge in [0.2, 0.25) is 0 Å². The summed E-state index contributed by atoms with van der Waals surface area (Å²) in [5, 5.41) is 2.64. The van der Waals surface area contributed by atoms with Crippen LogP contribution < -0.4 is 15.8 Å². The van der Waals surface area contributed by atoms with Gasteiger partial charge in [0.15, 0.2) is 6.61 Å². The third-order valence-electron chi connectivity index (χ3n) is 3.56. The summed E-state index contributed by atoms with van der Waals surface area (Å²) in [4.78, 5) is 22.9. The topological polar surface area (TPSA) is 81.4 Å². The summed E-state index contributed by atoms with van der Waals surface area (Å²) in [6, 6.07) is 10.1. The molecule has 26 heavy (non-hydrogen) atoms. The Kier molecular flexibility index (Phi) is 5.86. The molecule has 2 aromatic carbocycles. The van der Waals surface area contributed by atoms with E-state index < -0.39 is 29.6 Å². The molecule has 0 aliphatic heterocycles. The molecule has 0 aliphatic rings. The molecule has 0 radical (unpaired) electrons. The SMILES string of the molecule is C[C@@H](NC(=O)c1ccc(OCC(N)=O)cc1)c1cccc(C(F)(F)F)c1. The van der Waals surface area contributed by atoms with Gasteiger partial charge in [0.25, 0.3) is 11.8 Å². The lowest BCUT2D eigenvalue weighted by atomic mass is 10.0. The van der Waals surface area contributed by atoms with Crippen molar-refractivity contribution in [1.29, 1.82) is 0 Å². The molecule has 0 heterocycles. The first kappa shape index (κ1) is 19.3.